The number of rotatable bonds is 6. The lowest BCUT2D eigenvalue weighted by Gasteiger charge is -1.98. The molecule has 1 aromatic carbocycles. The smallest absolute Gasteiger partial charge is 0.0976 e. The Hall–Kier alpha value is -1.23. The number of hydrogen-bond acceptors (Lipinski definition) is 4. The number of benzene rings is 1. The van der Waals surface area contributed by atoms with Crippen molar-refractivity contribution in [3.63, 3.8) is 0 Å². The van der Waals surface area contributed by atoms with Crippen molar-refractivity contribution in [3.8, 4) is 0 Å². The molecule has 1 heterocycles. The van der Waals surface area contributed by atoms with Crippen LogP contribution in [0.4, 0.5) is 0 Å². The monoisotopic (exact) mass is 262 g/mol. The topological polar surface area (TPSA) is 34.2 Å². The van der Waals surface area contributed by atoms with E-state index < -0.39 is 0 Å². The maximum Gasteiger partial charge on any atom is 0.0976 e. The summed E-state index contributed by atoms with van der Waals surface area (Å²) in [5, 5.41) is 4.33. The number of ether oxygens (including phenoxy) is 1. The zero-order valence-corrected chi connectivity index (χ0v) is 11.6. The fraction of sp³-hybridized carbons (Fsp3) is 0.357. The third-order valence-corrected chi connectivity index (χ3v) is 3.74. The molecule has 0 aliphatic heterocycles. The number of thiazole rings is 1. The van der Waals surface area contributed by atoms with E-state index in [0.29, 0.717) is 6.61 Å². The predicted octanol–water partition coefficient (Wildman–Crippen LogP) is 2.60. The third-order valence-electron chi connectivity index (χ3n) is 2.64. The Morgan fingerprint density at radius 1 is 1.28 bits per heavy atom. The Bertz CT molecular complexity index is 458. The summed E-state index contributed by atoms with van der Waals surface area (Å²) in [4.78, 5) is 5.94. The Labute approximate surface area is 112 Å². The standard InChI is InChI=1S/C14H18N2OS/c1-15-9-13-12(10-17-2)16-14(18-13)8-11-6-4-3-5-7-11/h3-7,15H,8-10H2,1-2H3. The van der Waals surface area contributed by atoms with Crippen molar-refractivity contribution in [1.82, 2.24) is 10.3 Å². The fourth-order valence-corrected chi connectivity index (χ4v) is 2.95. The van der Waals surface area contributed by atoms with E-state index in [2.05, 4.69) is 34.6 Å². The zero-order chi connectivity index (χ0) is 12.8. The minimum Gasteiger partial charge on any atom is -0.378 e. The molecule has 0 radical (unpaired) electrons. The van der Waals surface area contributed by atoms with Crippen LogP contribution in [0.2, 0.25) is 0 Å². The minimum absolute atomic E-state index is 0.586. The van der Waals surface area contributed by atoms with E-state index in [0.717, 1.165) is 23.7 Å². The Kier molecular flexibility index (Phi) is 4.87. The van der Waals surface area contributed by atoms with Crippen LogP contribution >= 0.6 is 11.3 Å². The van der Waals surface area contributed by atoms with E-state index in [4.69, 9.17) is 4.74 Å². The first-order valence-corrected chi connectivity index (χ1v) is 6.80. The number of nitrogens with one attached hydrogen (secondary N) is 1. The predicted molar refractivity (Wildman–Crippen MR) is 74.8 cm³/mol. The molecule has 0 saturated heterocycles. The maximum atomic E-state index is 5.19. The first kappa shape index (κ1) is 13.2. The Balaban J connectivity index is 2.15. The van der Waals surface area contributed by atoms with E-state index in [1.54, 1.807) is 18.4 Å². The van der Waals surface area contributed by atoms with E-state index >= 15 is 0 Å². The average Bonchev–Trinajstić information content (AvgIpc) is 2.74. The average molecular weight is 262 g/mol. The number of hydrogen-bond donors (Lipinski definition) is 1. The van der Waals surface area contributed by atoms with Crippen LogP contribution in [0.15, 0.2) is 30.3 Å². The fourth-order valence-electron chi connectivity index (χ4n) is 1.83. The summed E-state index contributed by atoms with van der Waals surface area (Å²) in [6, 6.07) is 10.4. The summed E-state index contributed by atoms with van der Waals surface area (Å²) in [5.74, 6) is 0. The molecule has 4 heteroatoms. The van der Waals surface area contributed by atoms with Gasteiger partial charge in [-0.05, 0) is 12.6 Å². The van der Waals surface area contributed by atoms with Gasteiger partial charge in [0.2, 0.25) is 0 Å². The molecule has 3 nitrogen and oxygen atoms in total. The van der Waals surface area contributed by atoms with Crippen LogP contribution in [0.25, 0.3) is 0 Å². The van der Waals surface area contributed by atoms with Gasteiger partial charge in [0.25, 0.3) is 0 Å². The molecule has 0 fully saturated rings. The van der Waals surface area contributed by atoms with Gasteiger partial charge in [-0.25, -0.2) is 4.98 Å². The minimum atomic E-state index is 0.586. The van der Waals surface area contributed by atoms with Crippen molar-refractivity contribution in [2.75, 3.05) is 14.2 Å². The van der Waals surface area contributed by atoms with Crippen LogP contribution in [-0.4, -0.2) is 19.1 Å². The number of aromatic nitrogens is 1. The molecule has 0 amide bonds. The van der Waals surface area contributed by atoms with Gasteiger partial charge in [-0.2, -0.15) is 0 Å². The van der Waals surface area contributed by atoms with Gasteiger partial charge in [0, 0.05) is 25.0 Å². The van der Waals surface area contributed by atoms with Gasteiger partial charge in [0.1, 0.15) is 0 Å². The highest BCUT2D eigenvalue weighted by Gasteiger charge is 2.10. The summed E-state index contributed by atoms with van der Waals surface area (Å²) in [5.41, 5.74) is 2.36. The van der Waals surface area contributed by atoms with Crippen LogP contribution in [0.5, 0.6) is 0 Å². The van der Waals surface area contributed by atoms with Gasteiger partial charge in [-0.3, -0.25) is 0 Å². The van der Waals surface area contributed by atoms with Gasteiger partial charge in [-0.15, -0.1) is 11.3 Å². The first-order valence-electron chi connectivity index (χ1n) is 5.98. The summed E-state index contributed by atoms with van der Waals surface area (Å²) in [6.07, 6.45) is 0.895. The Morgan fingerprint density at radius 3 is 2.72 bits per heavy atom. The zero-order valence-electron chi connectivity index (χ0n) is 10.8. The van der Waals surface area contributed by atoms with Crippen molar-refractivity contribution >= 4 is 11.3 Å². The lowest BCUT2D eigenvalue weighted by molar-refractivity contribution is 0.181. The van der Waals surface area contributed by atoms with Gasteiger partial charge >= 0.3 is 0 Å². The lowest BCUT2D eigenvalue weighted by atomic mass is 10.2. The molecular weight excluding hydrogens is 244 g/mol. The van der Waals surface area contributed by atoms with Crippen molar-refractivity contribution in [2.24, 2.45) is 0 Å². The second-order valence-electron chi connectivity index (χ2n) is 4.10. The van der Waals surface area contributed by atoms with Crippen LogP contribution in [-0.2, 0) is 24.3 Å². The molecule has 18 heavy (non-hydrogen) atoms. The van der Waals surface area contributed by atoms with Crippen LogP contribution in [0.3, 0.4) is 0 Å². The van der Waals surface area contributed by atoms with Crippen LogP contribution in [0, 0.1) is 0 Å². The molecule has 0 aliphatic carbocycles. The summed E-state index contributed by atoms with van der Waals surface area (Å²) < 4.78 is 5.19. The summed E-state index contributed by atoms with van der Waals surface area (Å²) in [6.45, 7) is 1.44. The molecule has 0 spiro atoms. The van der Waals surface area contributed by atoms with Gasteiger partial charge < -0.3 is 10.1 Å². The summed E-state index contributed by atoms with van der Waals surface area (Å²) >= 11 is 1.77. The van der Waals surface area contributed by atoms with Gasteiger partial charge in [0.15, 0.2) is 0 Å². The number of nitrogens with zero attached hydrogens (tertiary/aromatic N) is 1. The van der Waals surface area contributed by atoms with E-state index in [-0.39, 0.29) is 0 Å². The second-order valence-corrected chi connectivity index (χ2v) is 5.27. The molecule has 2 aromatic rings. The molecular formula is C14H18N2OS. The molecule has 1 N–H and O–H groups in total. The van der Waals surface area contributed by atoms with Crippen molar-refractivity contribution in [2.45, 2.75) is 19.6 Å². The van der Waals surface area contributed by atoms with Gasteiger partial charge in [0.05, 0.1) is 17.3 Å². The molecule has 96 valence electrons. The molecule has 0 bridgehead atoms. The second kappa shape index (κ2) is 6.64. The van der Waals surface area contributed by atoms with Crippen molar-refractivity contribution < 1.29 is 4.74 Å². The highest BCUT2D eigenvalue weighted by atomic mass is 32.1. The van der Waals surface area contributed by atoms with Crippen LogP contribution < -0.4 is 5.32 Å². The molecule has 1 aromatic heterocycles. The first-order chi connectivity index (χ1) is 8.83. The van der Waals surface area contributed by atoms with E-state index in [9.17, 15) is 0 Å². The molecule has 0 aliphatic rings. The normalized spacial score (nSPS) is 10.8. The largest absolute Gasteiger partial charge is 0.378 e. The van der Waals surface area contributed by atoms with Crippen molar-refractivity contribution in [3.05, 3.63) is 51.5 Å². The van der Waals surface area contributed by atoms with E-state index in [1.165, 1.54) is 10.4 Å². The maximum absolute atomic E-state index is 5.19. The SMILES string of the molecule is CNCc1sc(Cc2ccccc2)nc1COC. The highest BCUT2D eigenvalue weighted by molar-refractivity contribution is 7.11. The Morgan fingerprint density at radius 2 is 2.06 bits per heavy atom. The molecule has 0 saturated carbocycles. The van der Waals surface area contributed by atoms with E-state index in [1.807, 2.05) is 13.1 Å². The third kappa shape index (κ3) is 3.38. The summed E-state index contributed by atoms with van der Waals surface area (Å²) in [7, 11) is 3.66. The number of methoxy groups -OCH3 is 1. The lowest BCUT2D eigenvalue weighted by Crippen LogP contribution is -2.06. The van der Waals surface area contributed by atoms with Crippen molar-refractivity contribution in [1.29, 1.82) is 0 Å². The molecule has 0 unspecified atom stereocenters. The molecule has 0 atom stereocenters. The quantitative estimate of drug-likeness (QED) is 0.869. The highest BCUT2D eigenvalue weighted by Crippen LogP contribution is 2.21. The molecule has 2 rings (SSSR count). The van der Waals surface area contributed by atoms with Crippen LogP contribution in [0.1, 0.15) is 21.1 Å². The van der Waals surface area contributed by atoms with Gasteiger partial charge in [-0.1, -0.05) is 30.3 Å².